The summed E-state index contributed by atoms with van der Waals surface area (Å²) >= 11 is 3.47. The standard InChI is InChI=1S/C15H16BrN5/c1-9-14(10(2)20(3)18-9)15-13(17)8-21(19-15)12-6-4-5-11(16)7-12/h4-8H,17H2,1-3H3. The molecule has 0 saturated carbocycles. The molecular weight excluding hydrogens is 330 g/mol. The monoisotopic (exact) mass is 345 g/mol. The van der Waals surface area contributed by atoms with Gasteiger partial charge in [-0.3, -0.25) is 4.68 Å². The number of nitrogen functional groups attached to an aromatic ring is 1. The van der Waals surface area contributed by atoms with E-state index < -0.39 is 0 Å². The molecule has 3 rings (SSSR count). The van der Waals surface area contributed by atoms with E-state index in [2.05, 4.69) is 26.1 Å². The second kappa shape index (κ2) is 5.04. The Balaban J connectivity index is 2.14. The summed E-state index contributed by atoms with van der Waals surface area (Å²) in [7, 11) is 1.92. The summed E-state index contributed by atoms with van der Waals surface area (Å²) in [5, 5.41) is 9.07. The predicted octanol–water partition coefficient (Wildman–Crippen LogP) is 3.23. The first-order valence-corrected chi connectivity index (χ1v) is 7.38. The molecule has 0 spiro atoms. The fourth-order valence-electron chi connectivity index (χ4n) is 2.45. The van der Waals surface area contributed by atoms with E-state index in [1.54, 1.807) is 4.68 Å². The molecule has 0 aliphatic rings. The molecule has 0 bridgehead atoms. The lowest BCUT2D eigenvalue weighted by Gasteiger charge is -2.02. The van der Waals surface area contributed by atoms with Gasteiger partial charge in [0, 0.05) is 22.8 Å². The number of halogens is 1. The Morgan fingerprint density at radius 1 is 1.19 bits per heavy atom. The van der Waals surface area contributed by atoms with E-state index >= 15 is 0 Å². The van der Waals surface area contributed by atoms with E-state index in [1.165, 1.54) is 0 Å². The summed E-state index contributed by atoms with van der Waals surface area (Å²) < 4.78 is 4.65. The quantitative estimate of drug-likeness (QED) is 0.775. The zero-order valence-corrected chi connectivity index (χ0v) is 13.7. The highest BCUT2D eigenvalue weighted by Crippen LogP contribution is 2.30. The molecule has 0 aliphatic carbocycles. The Kier molecular flexibility index (Phi) is 3.33. The summed E-state index contributed by atoms with van der Waals surface area (Å²) in [6, 6.07) is 7.94. The van der Waals surface area contributed by atoms with Gasteiger partial charge < -0.3 is 5.73 Å². The van der Waals surface area contributed by atoms with Crippen molar-refractivity contribution in [2.75, 3.05) is 5.73 Å². The SMILES string of the molecule is Cc1nn(C)c(C)c1-c1nn(-c2cccc(Br)c2)cc1N. The Hall–Kier alpha value is -2.08. The fourth-order valence-corrected chi connectivity index (χ4v) is 2.84. The van der Waals surface area contributed by atoms with Crippen LogP contribution < -0.4 is 5.73 Å². The lowest BCUT2D eigenvalue weighted by molar-refractivity contribution is 0.731. The summed E-state index contributed by atoms with van der Waals surface area (Å²) in [6.07, 6.45) is 1.84. The van der Waals surface area contributed by atoms with Crippen molar-refractivity contribution in [1.29, 1.82) is 0 Å². The van der Waals surface area contributed by atoms with Crippen LogP contribution in [0, 0.1) is 13.8 Å². The van der Waals surface area contributed by atoms with Crippen LogP contribution in [0.4, 0.5) is 5.69 Å². The molecule has 3 aromatic rings. The van der Waals surface area contributed by atoms with Crippen molar-refractivity contribution in [1.82, 2.24) is 19.6 Å². The van der Waals surface area contributed by atoms with Crippen LogP contribution in [0.2, 0.25) is 0 Å². The van der Waals surface area contributed by atoms with Crippen molar-refractivity contribution in [3.8, 4) is 16.9 Å². The largest absolute Gasteiger partial charge is 0.396 e. The Labute approximate surface area is 131 Å². The highest BCUT2D eigenvalue weighted by molar-refractivity contribution is 9.10. The number of rotatable bonds is 2. The van der Waals surface area contributed by atoms with Gasteiger partial charge in [-0.2, -0.15) is 10.2 Å². The van der Waals surface area contributed by atoms with E-state index in [-0.39, 0.29) is 0 Å². The third-order valence-electron chi connectivity index (χ3n) is 3.56. The van der Waals surface area contributed by atoms with Crippen molar-refractivity contribution in [3.63, 3.8) is 0 Å². The van der Waals surface area contributed by atoms with E-state index in [1.807, 2.05) is 56.0 Å². The molecule has 0 fully saturated rings. The number of anilines is 1. The molecule has 0 aliphatic heterocycles. The number of hydrogen-bond donors (Lipinski definition) is 1. The van der Waals surface area contributed by atoms with E-state index in [4.69, 9.17) is 5.73 Å². The summed E-state index contributed by atoms with van der Waals surface area (Å²) in [6.45, 7) is 3.99. The van der Waals surface area contributed by atoms with Crippen molar-refractivity contribution < 1.29 is 0 Å². The van der Waals surface area contributed by atoms with Gasteiger partial charge in [0.1, 0.15) is 5.69 Å². The molecule has 2 aromatic heterocycles. The molecule has 6 heteroatoms. The van der Waals surface area contributed by atoms with Crippen molar-refractivity contribution in [2.45, 2.75) is 13.8 Å². The first-order chi connectivity index (χ1) is 9.97. The van der Waals surface area contributed by atoms with E-state index in [0.717, 1.165) is 32.8 Å². The minimum absolute atomic E-state index is 0.647. The first kappa shape index (κ1) is 13.9. The molecule has 0 amide bonds. The Bertz CT molecular complexity index is 816. The van der Waals surface area contributed by atoms with Crippen LogP contribution in [-0.2, 0) is 7.05 Å². The van der Waals surface area contributed by atoms with Crippen LogP contribution in [-0.4, -0.2) is 19.6 Å². The van der Waals surface area contributed by atoms with Gasteiger partial charge in [0.05, 0.1) is 23.3 Å². The van der Waals surface area contributed by atoms with E-state index in [9.17, 15) is 0 Å². The molecule has 2 N–H and O–H groups in total. The Morgan fingerprint density at radius 3 is 2.57 bits per heavy atom. The van der Waals surface area contributed by atoms with Crippen LogP contribution in [0.15, 0.2) is 34.9 Å². The smallest absolute Gasteiger partial charge is 0.119 e. The van der Waals surface area contributed by atoms with Gasteiger partial charge in [0.25, 0.3) is 0 Å². The van der Waals surface area contributed by atoms with Crippen molar-refractivity contribution in [2.24, 2.45) is 7.05 Å². The number of benzene rings is 1. The third kappa shape index (κ3) is 2.35. The van der Waals surface area contributed by atoms with Gasteiger partial charge in [-0.25, -0.2) is 4.68 Å². The fraction of sp³-hybridized carbons (Fsp3) is 0.200. The van der Waals surface area contributed by atoms with E-state index in [0.29, 0.717) is 5.69 Å². The average molecular weight is 346 g/mol. The molecule has 0 atom stereocenters. The normalized spacial score (nSPS) is 11.0. The van der Waals surface area contributed by atoms with Crippen LogP contribution in [0.25, 0.3) is 16.9 Å². The van der Waals surface area contributed by atoms with Gasteiger partial charge in [-0.1, -0.05) is 22.0 Å². The maximum absolute atomic E-state index is 6.16. The predicted molar refractivity (Wildman–Crippen MR) is 87.4 cm³/mol. The van der Waals surface area contributed by atoms with Gasteiger partial charge in [0.15, 0.2) is 0 Å². The lowest BCUT2D eigenvalue weighted by atomic mass is 10.1. The number of hydrogen-bond acceptors (Lipinski definition) is 3. The zero-order chi connectivity index (χ0) is 15.1. The third-order valence-corrected chi connectivity index (χ3v) is 4.05. The minimum Gasteiger partial charge on any atom is -0.396 e. The lowest BCUT2D eigenvalue weighted by Crippen LogP contribution is -1.96. The van der Waals surface area contributed by atoms with Gasteiger partial charge in [-0.15, -0.1) is 0 Å². The number of aromatic nitrogens is 4. The molecule has 1 aromatic carbocycles. The molecule has 5 nitrogen and oxygen atoms in total. The van der Waals surface area contributed by atoms with Crippen molar-refractivity contribution in [3.05, 3.63) is 46.3 Å². The highest BCUT2D eigenvalue weighted by atomic mass is 79.9. The highest BCUT2D eigenvalue weighted by Gasteiger charge is 2.18. The van der Waals surface area contributed by atoms with Crippen LogP contribution in [0.5, 0.6) is 0 Å². The molecule has 0 saturated heterocycles. The van der Waals surface area contributed by atoms with Gasteiger partial charge in [0.2, 0.25) is 0 Å². The molecule has 2 heterocycles. The van der Waals surface area contributed by atoms with Crippen LogP contribution in [0.1, 0.15) is 11.4 Å². The van der Waals surface area contributed by atoms with Crippen molar-refractivity contribution >= 4 is 21.6 Å². The molecule has 0 unspecified atom stereocenters. The minimum atomic E-state index is 0.647. The summed E-state index contributed by atoms with van der Waals surface area (Å²) in [5.41, 5.74) is 11.5. The van der Waals surface area contributed by atoms with Gasteiger partial charge >= 0.3 is 0 Å². The maximum Gasteiger partial charge on any atom is 0.119 e. The second-order valence-electron chi connectivity index (χ2n) is 5.03. The topological polar surface area (TPSA) is 61.7 Å². The number of aryl methyl sites for hydroxylation is 2. The molecule has 0 radical (unpaired) electrons. The Morgan fingerprint density at radius 2 is 1.95 bits per heavy atom. The number of nitrogens with zero attached hydrogens (tertiary/aromatic N) is 4. The number of nitrogens with two attached hydrogens (primary N) is 1. The molecule has 108 valence electrons. The van der Waals surface area contributed by atoms with Crippen LogP contribution >= 0.6 is 15.9 Å². The average Bonchev–Trinajstić information content (AvgIpc) is 2.91. The molecule has 21 heavy (non-hydrogen) atoms. The first-order valence-electron chi connectivity index (χ1n) is 6.59. The summed E-state index contributed by atoms with van der Waals surface area (Å²) in [4.78, 5) is 0. The van der Waals surface area contributed by atoms with Gasteiger partial charge in [-0.05, 0) is 32.0 Å². The second-order valence-corrected chi connectivity index (χ2v) is 5.94. The molecular formula is C15H16BrN5. The summed E-state index contributed by atoms with van der Waals surface area (Å²) in [5.74, 6) is 0. The van der Waals surface area contributed by atoms with Crippen LogP contribution in [0.3, 0.4) is 0 Å². The zero-order valence-electron chi connectivity index (χ0n) is 12.1. The maximum atomic E-state index is 6.16.